The number of hydrogen-bond acceptors (Lipinski definition) is 2. The van der Waals surface area contributed by atoms with Gasteiger partial charge in [0.05, 0.1) is 5.69 Å². The van der Waals surface area contributed by atoms with Gasteiger partial charge in [0, 0.05) is 8.95 Å². The molecule has 0 amide bonds. The number of benzene rings is 2. The predicted octanol–water partition coefficient (Wildman–Crippen LogP) is 4.63. The highest BCUT2D eigenvalue weighted by Gasteiger charge is 2.19. The van der Waals surface area contributed by atoms with E-state index in [2.05, 4.69) is 36.6 Å². The van der Waals surface area contributed by atoms with Crippen LogP contribution in [0.1, 0.15) is 11.1 Å². The van der Waals surface area contributed by atoms with Gasteiger partial charge in [-0.05, 0) is 59.1 Å². The zero-order chi connectivity index (χ0) is 14.9. The molecule has 0 heterocycles. The smallest absolute Gasteiger partial charge is 0.263 e. The number of aryl methyl sites for hydroxylation is 2. The number of nitrogens with one attached hydrogen (secondary N) is 1. The lowest BCUT2D eigenvalue weighted by atomic mass is 10.2. The molecule has 0 saturated heterocycles. The van der Waals surface area contributed by atoms with E-state index in [1.54, 1.807) is 24.3 Å². The fourth-order valence-corrected chi connectivity index (χ4v) is 4.53. The first-order chi connectivity index (χ1) is 9.31. The normalized spacial score (nSPS) is 11.4. The van der Waals surface area contributed by atoms with Gasteiger partial charge >= 0.3 is 0 Å². The Labute approximate surface area is 135 Å². The molecule has 1 N–H and O–H groups in total. The Morgan fingerprint density at radius 3 is 2.25 bits per heavy atom. The number of halogens is 2. The summed E-state index contributed by atoms with van der Waals surface area (Å²) in [5.74, 6) is 0. The van der Waals surface area contributed by atoms with Gasteiger partial charge in [-0.15, -0.1) is 0 Å². The van der Waals surface area contributed by atoms with Gasteiger partial charge in [0.2, 0.25) is 0 Å². The van der Waals surface area contributed by atoms with Crippen molar-refractivity contribution in [1.82, 2.24) is 0 Å². The molecule has 2 rings (SSSR count). The number of hydrogen-bond donors (Lipinski definition) is 1. The molecular formula is C14H13Br2NO2S. The standard InChI is InChI=1S/C14H13Br2NO2S/c1-9-5-3-4-6-13(9)17-20(18,19)14-8-11(15)10(2)7-12(14)16/h3-8,17H,1-2H3. The Kier molecular flexibility index (Phi) is 4.56. The summed E-state index contributed by atoms with van der Waals surface area (Å²) in [6, 6.07) is 10.6. The van der Waals surface area contributed by atoms with Gasteiger partial charge in [0.1, 0.15) is 4.90 Å². The Bertz CT molecular complexity index is 758. The maximum atomic E-state index is 12.5. The molecule has 0 saturated carbocycles. The molecule has 0 aliphatic heterocycles. The zero-order valence-corrected chi connectivity index (χ0v) is 14.9. The summed E-state index contributed by atoms with van der Waals surface area (Å²) >= 11 is 6.67. The van der Waals surface area contributed by atoms with Crippen molar-refractivity contribution in [2.24, 2.45) is 0 Å². The van der Waals surface area contributed by atoms with Crippen LogP contribution < -0.4 is 4.72 Å². The minimum atomic E-state index is -3.63. The molecule has 0 atom stereocenters. The van der Waals surface area contributed by atoms with Gasteiger partial charge in [0.25, 0.3) is 10.0 Å². The highest BCUT2D eigenvalue weighted by Crippen LogP contribution is 2.30. The molecule has 106 valence electrons. The van der Waals surface area contributed by atoms with Crippen LogP contribution in [0.3, 0.4) is 0 Å². The second-order valence-corrected chi connectivity index (χ2v) is 7.81. The molecule has 0 fully saturated rings. The summed E-state index contributed by atoms with van der Waals surface area (Å²) in [5, 5.41) is 0. The molecule has 6 heteroatoms. The monoisotopic (exact) mass is 417 g/mol. The molecule has 0 aromatic heterocycles. The van der Waals surface area contributed by atoms with Gasteiger partial charge in [-0.25, -0.2) is 8.42 Å². The van der Waals surface area contributed by atoms with Crippen LogP contribution in [0.4, 0.5) is 5.69 Å². The quantitative estimate of drug-likeness (QED) is 0.789. The second kappa shape index (κ2) is 5.87. The average Bonchev–Trinajstić information content (AvgIpc) is 2.36. The third kappa shape index (κ3) is 3.24. The molecule has 3 nitrogen and oxygen atoms in total. The van der Waals surface area contributed by atoms with E-state index in [9.17, 15) is 8.42 Å². The van der Waals surface area contributed by atoms with Crippen LogP contribution in [0.2, 0.25) is 0 Å². The Morgan fingerprint density at radius 1 is 0.950 bits per heavy atom. The number of sulfonamides is 1. The fraction of sp³-hybridized carbons (Fsp3) is 0.143. The number of para-hydroxylation sites is 1. The van der Waals surface area contributed by atoms with Gasteiger partial charge in [-0.3, -0.25) is 4.72 Å². The lowest BCUT2D eigenvalue weighted by Gasteiger charge is -2.12. The van der Waals surface area contributed by atoms with E-state index in [-0.39, 0.29) is 4.90 Å². The van der Waals surface area contributed by atoms with Crippen LogP contribution in [-0.4, -0.2) is 8.42 Å². The van der Waals surface area contributed by atoms with Crippen LogP contribution in [0, 0.1) is 13.8 Å². The lowest BCUT2D eigenvalue weighted by molar-refractivity contribution is 0.600. The summed E-state index contributed by atoms with van der Waals surface area (Å²) < 4.78 is 28.9. The van der Waals surface area contributed by atoms with Crippen LogP contribution >= 0.6 is 31.9 Å². The first-order valence-corrected chi connectivity index (χ1v) is 8.92. The molecule has 0 unspecified atom stereocenters. The maximum absolute atomic E-state index is 12.5. The van der Waals surface area contributed by atoms with Crippen LogP contribution in [0.25, 0.3) is 0 Å². The largest absolute Gasteiger partial charge is 0.279 e. The van der Waals surface area contributed by atoms with Gasteiger partial charge < -0.3 is 0 Å². The van der Waals surface area contributed by atoms with E-state index < -0.39 is 10.0 Å². The van der Waals surface area contributed by atoms with Crippen LogP contribution in [-0.2, 0) is 10.0 Å². The highest BCUT2D eigenvalue weighted by molar-refractivity contribution is 9.11. The lowest BCUT2D eigenvalue weighted by Crippen LogP contribution is -2.14. The summed E-state index contributed by atoms with van der Waals surface area (Å²) in [6.07, 6.45) is 0. The van der Waals surface area contributed by atoms with Crippen molar-refractivity contribution >= 4 is 47.6 Å². The molecule has 2 aromatic rings. The van der Waals surface area contributed by atoms with E-state index >= 15 is 0 Å². The van der Waals surface area contributed by atoms with Gasteiger partial charge in [-0.1, -0.05) is 34.1 Å². The van der Waals surface area contributed by atoms with Crippen molar-refractivity contribution in [2.75, 3.05) is 4.72 Å². The Morgan fingerprint density at radius 2 is 1.60 bits per heavy atom. The molecule has 0 aliphatic rings. The Hall–Kier alpha value is -0.850. The fourth-order valence-electron chi connectivity index (χ4n) is 1.72. The SMILES string of the molecule is Cc1cc(Br)c(S(=O)(=O)Nc2ccccc2C)cc1Br. The highest BCUT2D eigenvalue weighted by atomic mass is 79.9. The average molecular weight is 419 g/mol. The number of anilines is 1. The van der Waals surface area contributed by atoms with Crippen molar-refractivity contribution in [1.29, 1.82) is 0 Å². The third-order valence-corrected chi connectivity index (χ3v) is 6.07. The van der Waals surface area contributed by atoms with Crippen LogP contribution in [0.5, 0.6) is 0 Å². The van der Waals surface area contributed by atoms with Crippen molar-refractivity contribution in [3.8, 4) is 0 Å². The van der Waals surface area contributed by atoms with Crippen molar-refractivity contribution in [3.63, 3.8) is 0 Å². The summed E-state index contributed by atoms with van der Waals surface area (Å²) in [6.45, 7) is 3.76. The molecule has 20 heavy (non-hydrogen) atoms. The topological polar surface area (TPSA) is 46.2 Å². The van der Waals surface area contributed by atoms with Crippen molar-refractivity contribution in [2.45, 2.75) is 18.7 Å². The van der Waals surface area contributed by atoms with Gasteiger partial charge in [-0.2, -0.15) is 0 Å². The van der Waals surface area contributed by atoms with E-state index in [4.69, 9.17) is 0 Å². The molecular weight excluding hydrogens is 406 g/mol. The van der Waals surface area contributed by atoms with E-state index in [1.807, 2.05) is 26.0 Å². The van der Waals surface area contributed by atoms with Crippen LogP contribution in [0.15, 0.2) is 50.2 Å². The summed E-state index contributed by atoms with van der Waals surface area (Å²) in [7, 11) is -3.63. The second-order valence-electron chi connectivity index (χ2n) is 4.45. The van der Waals surface area contributed by atoms with Crippen molar-refractivity contribution in [3.05, 3.63) is 56.5 Å². The Balaban J connectivity index is 2.47. The molecule has 0 aliphatic carbocycles. The first kappa shape index (κ1) is 15.5. The number of rotatable bonds is 3. The molecule has 0 radical (unpaired) electrons. The molecule has 0 spiro atoms. The summed E-state index contributed by atoms with van der Waals surface area (Å²) in [5.41, 5.74) is 2.42. The van der Waals surface area contributed by atoms with E-state index in [1.165, 1.54) is 0 Å². The van der Waals surface area contributed by atoms with Gasteiger partial charge in [0.15, 0.2) is 0 Å². The van der Waals surface area contributed by atoms with E-state index in [0.29, 0.717) is 10.2 Å². The third-order valence-electron chi connectivity index (χ3n) is 2.89. The minimum absolute atomic E-state index is 0.207. The predicted molar refractivity (Wildman–Crippen MR) is 88.6 cm³/mol. The molecule has 2 aromatic carbocycles. The zero-order valence-electron chi connectivity index (χ0n) is 10.9. The summed E-state index contributed by atoms with van der Waals surface area (Å²) in [4.78, 5) is 0.207. The minimum Gasteiger partial charge on any atom is -0.279 e. The first-order valence-electron chi connectivity index (χ1n) is 5.85. The molecule has 0 bridgehead atoms. The maximum Gasteiger partial charge on any atom is 0.263 e. The van der Waals surface area contributed by atoms with Crippen molar-refractivity contribution < 1.29 is 8.42 Å². The van der Waals surface area contributed by atoms with E-state index in [0.717, 1.165) is 15.6 Å².